The van der Waals surface area contributed by atoms with Crippen LogP contribution in [0.4, 0.5) is 11.4 Å². The topological polar surface area (TPSA) is 45.5 Å². The Bertz CT molecular complexity index is 708. The Hall–Kier alpha value is -2.23. The van der Waals surface area contributed by atoms with Crippen molar-refractivity contribution in [2.24, 2.45) is 0 Å². The molecular formula is C20H26N2O2. The molecule has 1 aromatic heterocycles. The third kappa shape index (κ3) is 3.48. The summed E-state index contributed by atoms with van der Waals surface area (Å²) in [4.78, 5) is 15.0. The van der Waals surface area contributed by atoms with Crippen molar-refractivity contribution in [2.45, 2.75) is 46.5 Å². The summed E-state index contributed by atoms with van der Waals surface area (Å²) in [7, 11) is 0. The molecule has 1 amide bonds. The maximum atomic E-state index is 12.5. The zero-order chi connectivity index (χ0) is 17.1. The van der Waals surface area contributed by atoms with Gasteiger partial charge >= 0.3 is 0 Å². The second kappa shape index (κ2) is 7.12. The van der Waals surface area contributed by atoms with Gasteiger partial charge in [-0.15, -0.1) is 0 Å². The molecular weight excluding hydrogens is 300 g/mol. The standard InChI is InChI=1S/C20H26N2O2/c1-14-15(2)24-16(3)19(14)20(23)21-17-8-10-18(11-9-17)22-12-6-4-5-7-13-22/h8-11H,4-7,12-13H2,1-3H3,(H,21,23). The van der Waals surface area contributed by atoms with Crippen molar-refractivity contribution in [1.29, 1.82) is 0 Å². The molecule has 1 fully saturated rings. The van der Waals surface area contributed by atoms with Crippen LogP contribution >= 0.6 is 0 Å². The Morgan fingerprint density at radius 1 is 0.958 bits per heavy atom. The summed E-state index contributed by atoms with van der Waals surface area (Å²) in [5, 5.41) is 2.98. The molecule has 2 heterocycles. The van der Waals surface area contributed by atoms with Crippen LogP contribution in [-0.2, 0) is 0 Å². The van der Waals surface area contributed by atoms with Crippen LogP contribution < -0.4 is 10.2 Å². The zero-order valence-corrected chi connectivity index (χ0v) is 14.8. The second-order valence-corrected chi connectivity index (χ2v) is 6.62. The van der Waals surface area contributed by atoms with Crippen molar-refractivity contribution in [2.75, 3.05) is 23.3 Å². The van der Waals surface area contributed by atoms with Gasteiger partial charge in [-0.2, -0.15) is 0 Å². The summed E-state index contributed by atoms with van der Waals surface area (Å²) in [6, 6.07) is 8.16. The van der Waals surface area contributed by atoms with E-state index in [9.17, 15) is 4.79 Å². The zero-order valence-electron chi connectivity index (χ0n) is 14.8. The van der Waals surface area contributed by atoms with Gasteiger partial charge in [0, 0.05) is 30.0 Å². The van der Waals surface area contributed by atoms with Crippen molar-refractivity contribution < 1.29 is 9.21 Å². The third-order valence-electron chi connectivity index (χ3n) is 4.88. The van der Waals surface area contributed by atoms with Gasteiger partial charge in [0.25, 0.3) is 5.91 Å². The van der Waals surface area contributed by atoms with Crippen molar-refractivity contribution in [3.05, 3.63) is 46.9 Å². The van der Waals surface area contributed by atoms with E-state index in [2.05, 4.69) is 22.3 Å². The molecule has 4 nitrogen and oxygen atoms in total. The van der Waals surface area contributed by atoms with Gasteiger partial charge in [-0.3, -0.25) is 4.79 Å². The number of carbonyl (C=O) groups excluding carboxylic acids is 1. The van der Waals surface area contributed by atoms with Gasteiger partial charge in [0.15, 0.2) is 0 Å². The molecule has 0 atom stereocenters. The van der Waals surface area contributed by atoms with Gasteiger partial charge in [0.2, 0.25) is 0 Å². The molecule has 24 heavy (non-hydrogen) atoms. The minimum absolute atomic E-state index is 0.107. The highest BCUT2D eigenvalue weighted by atomic mass is 16.3. The van der Waals surface area contributed by atoms with Crippen molar-refractivity contribution in [3.8, 4) is 0 Å². The number of amides is 1. The fourth-order valence-electron chi connectivity index (χ4n) is 3.41. The van der Waals surface area contributed by atoms with Gasteiger partial charge in [-0.1, -0.05) is 12.8 Å². The highest BCUT2D eigenvalue weighted by Gasteiger charge is 2.18. The van der Waals surface area contributed by atoms with E-state index in [1.54, 1.807) is 0 Å². The number of hydrogen-bond acceptors (Lipinski definition) is 3. The first kappa shape index (κ1) is 16.6. The molecule has 1 aliphatic rings. The Morgan fingerprint density at radius 2 is 1.58 bits per heavy atom. The molecule has 1 aliphatic heterocycles. The predicted molar refractivity (Wildman–Crippen MR) is 98.0 cm³/mol. The smallest absolute Gasteiger partial charge is 0.259 e. The molecule has 0 aliphatic carbocycles. The van der Waals surface area contributed by atoms with Gasteiger partial charge < -0.3 is 14.6 Å². The van der Waals surface area contributed by atoms with E-state index in [0.29, 0.717) is 11.3 Å². The molecule has 3 rings (SSSR count). The molecule has 1 N–H and O–H groups in total. The van der Waals surface area contributed by atoms with Crippen LogP contribution in [0.5, 0.6) is 0 Å². The van der Waals surface area contributed by atoms with E-state index in [1.807, 2.05) is 32.9 Å². The van der Waals surface area contributed by atoms with E-state index in [1.165, 1.54) is 31.4 Å². The quantitative estimate of drug-likeness (QED) is 0.878. The number of nitrogens with one attached hydrogen (secondary N) is 1. The number of carbonyl (C=O) groups is 1. The maximum absolute atomic E-state index is 12.5. The first-order valence-electron chi connectivity index (χ1n) is 8.79. The lowest BCUT2D eigenvalue weighted by atomic mass is 10.1. The number of nitrogens with zero attached hydrogens (tertiary/aromatic N) is 1. The molecule has 2 aromatic rings. The van der Waals surface area contributed by atoms with Crippen LogP contribution in [-0.4, -0.2) is 19.0 Å². The second-order valence-electron chi connectivity index (χ2n) is 6.62. The van der Waals surface area contributed by atoms with Gasteiger partial charge in [0.05, 0.1) is 5.56 Å². The lowest BCUT2D eigenvalue weighted by Gasteiger charge is -2.22. The lowest BCUT2D eigenvalue weighted by molar-refractivity contribution is 0.102. The van der Waals surface area contributed by atoms with Gasteiger partial charge in [-0.05, 0) is 57.9 Å². The number of furan rings is 1. The minimum Gasteiger partial charge on any atom is -0.466 e. The van der Waals surface area contributed by atoms with Gasteiger partial charge in [-0.25, -0.2) is 0 Å². The summed E-state index contributed by atoms with van der Waals surface area (Å²) in [5.74, 6) is 1.36. The van der Waals surface area contributed by atoms with E-state index in [-0.39, 0.29) is 5.91 Å². The number of rotatable bonds is 3. The van der Waals surface area contributed by atoms with E-state index >= 15 is 0 Å². The third-order valence-corrected chi connectivity index (χ3v) is 4.88. The first-order valence-corrected chi connectivity index (χ1v) is 8.79. The molecule has 0 saturated carbocycles. The van der Waals surface area contributed by atoms with Crippen LogP contribution in [0, 0.1) is 20.8 Å². The fourth-order valence-corrected chi connectivity index (χ4v) is 3.41. The van der Waals surface area contributed by atoms with E-state index in [4.69, 9.17) is 4.42 Å². The predicted octanol–water partition coefficient (Wildman–Crippen LogP) is 4.84. The molecule has 0 spiro atoms. The number of anilines is 2. The van der Waals surface area contributed by atoms with E-state index < -0.39 is 0 Å². The Kier molecular flexibility index (Phi) is 4.93. The Labute approximate surface area is 143 Å². The Morgan fingerprint density at radius 3 is 2.12 bits per heavy atom. The SMILES string of the molecule is Cc1oc(C)c(C(=O)Nc2ccc(N3CCCCCC3)cc2)c1C. The van der Waals surface area contributed by atoms with Crippen LogP contribution in [0.3, 0.4) is 0 Å². The van der Waals surface area contributed by atoms with Crippen LogP contribution in [0.2, 0.25) is 0 Å². The molecule has 0 bridgehead atoms. The average molecular weight is 326 g/mol. The largest absolute Gasteiger partial charge is 0.466 e. The summed E-state index contributed by atoms with van der Waals surface area (Å²) in [5.41, 5.74) is 3.60. The molecule has 128 valence electrons. The van der Waals surface area contributed by atoms with Crippen LogP contribution in [0.25, 0.3) is 0 Å². The highest BCUT2D eigenvalue weighted by molar-refractivity contribution is 6.06. The van der Waals surface area contributed by atoms with Crippen molar-refractivity contribution in [1.82, 2.24) is 0 Å². The molecule has 1 saturated heterocycles. The summed E-state index contributed by atoms with van der Waals surface area (Å²) >= 11 is 0. The highest BCUT2D eigenvalue weighted by Crippen LogP contribution is 2.24. The maximum Gasteiger partial charge on any atom is 0.259 e. The number of aryl methyl sites for hydroxylation is 2. The average Bonchev–Trinajstić information content (AvgIpc) is 2.76. The molecule has 1 aromatic carbocycles. The molecule has 0 unspecified atom stereocenters. The summed E-state index contributed by atoms with van der Waals surface area (Å²) in [6.45, 7) is 7.88. The van der Waals surface area contributed by atoms with Crippen molar-refractivity contribution in [3.63, 3.8) is 0 Å². The van der Waals surface area contributed by atoms with Crippen molar-refractivity contribution >= 4 is 17.3 Å². The summed E-state index contributed by atoms with van der Waals surface area (Å²) in [6.07, 6.45) is 5.18. The minimum atomic E-state index is -0.107. The molecule has 0 radical (unpaired) electrons. The van der Waals surface area contributed by atoms with E-state index in [0.717, 1.165) is 30.1 Å². The van der Waals surface area contributed by atoms with Gasteiger partial charge in [0.1, 0.15) is 11.5 Å². The van der Waals surface area contributed by atoms with Crippen LogP contribution in [0.15, 0.2) is 28.7 Å². The monoisotopic (exact) mass is 326 g/mol. The summed E-state index contributed by atoms with van der Waals surface area (Å²) < 4.78 is 5.55. The molecule has 4 heteroatoms. The van der Waals surface area contributed by atoms with Crippen LogP contribution in [0.1, 0.15) is 53.1 Å². The normalized spacial score (nSPS) is 15.2. The first-order chi connectivity index (χ1) is 11.6. The number of hydrogen-bond donors (Lipinski definition) is 1. The Balaban J connectivity index is 1.70. The fraction of sp³-hybridized carbons (Fsp3) is 0.450. The number of benzene rings is 1. The lowest BCUT2D eigenvalue weighted by Crippen LogP contribution is -2.23.